The number of hydrogen-bond donors (Lipinski definition) is 0. The predicted octanol–water partition coefficient (Wildman–Crippen LogP) is 4.75. The zero-order valence-electron chi connectivity index (χ0n) is 15.8. The lowest BCUT2D eigenvalue weighted by molar-refractivity contribution is -0.117. The monoisotopic (exact) mass is 404 g/mol. The van der Waals surface area contributed by atoms with Crippen molar-refractivity contribution >= 4 is 34.8 Å². The Kier molecular flexibility index (Phi) is 5.81. The number of hydrogen-bond acceptors (Lipinski definition) is 5. The first-order valence-corrected chi connectivity index (χ1v) is 10.4. The quantitative estimate of drug-likeness (QED) is 0.421. The summed E-state index contributed by atoms with van der Waals surface area (Å²) < 4.78 is 5.69. The van der Waals surface area contributed by atoms with Crippen LogP contribution in [0.4, 0.5) is 5.69 Å². The topological polar surface area (TPSA) is 59.5 Å². The number of carbonyl (C=O) groups excluding carboxylic acids is 2. The summed E-state index contributed by atoms with van der Waals surface area (Å²) in [5, 5.41) is 1.96. The average Bonchev–Trinajstić information content (AvgIpc) is 3.43. The van der Waals surface area contributed by atoms with Crippen molar-refractivity contribution in [3.8, 4) is 5.75 Å². The summed E-state index contributed by atoms with van der Waals surface area (Å²) in [6, 6.07) is 14.8. The van der Waals surface area contributed by atoms with Gasteiger partial charge < -0.3 is 9.64 Å². The van der Waals surface area contributed by atoms with E-state index in [0.29, 0.717) is 18.6 Å². The maximum absolute atomic E-state index is 12.4. The number of anilines is 1. The first-order chi connectivity index (χ1) is 14.2. The van der Waals surface area contributed by atoms with Gasteiger partial charge in [0.2, 0.25) is 5.91 Å². The van der Waals surface area contributed by atoms with Crippen LogP contribution in [0.3, 0.4) is 0 Å². The van der Waals surface area contributed by atoms with E-state index in [1.807, 2.05) is 41.8 Å². The van der Waals surface area contributed by atoms with E-state index in [0.717, 1.165) is 35.7 Å². The fourth-order valence-corrected chi connectivity index (χ4v) is 3.68. The van der Waals surface area contributed by atoms with Crippen molar-refractivity contribution in [2.24, 2.45) is 0 Å². The van der Waals surface area contributed by atoms with Crippen molar-refractivity contribution in [3.05, 3.63) is 82.3 Å². The number of ether oxygens (including phenoxy) is 1. The molecule has 1 saturated heterocycles. The second-order valence-corrected chi connectivity index (χ2v) is 7.45. The Balaban J connectivity index is 1.34. The van der Waals surface area contributed by atoms with Crippen molar-refractivity contribution in [1.82, 2.24) is 4.98 Å². The van der Waals surface area contributed by atoms with Crippen LogP contribution in [0.2, 0.25) is 0 Å². The van der Waals surface area contributed by atoms with Gasteiger partial charge in [0, 0.05) is 29.6 Å². The molecule has 2 aromatic carbocycles. The SMILES string of the molecule is O=C(/C=C/c1ccc(OCc2cscn2)cc1)c1ccc(N2CCCC2=O)cc1. The molecule has 0 saturated carbocycles. The molecule has 146 valence electrons. The third-order valence-electron chi connectivity index (χ3n) is 4.71. The standard InChI is InChI=1S/C23H20N2O3S/c26-22(18-6-8-20(9-7-18)25-13-1-2-23(25)27)12-5-17-3-10-21(11-4-17)28-14-19-15-29-16-24-19/h3-12,15-16H,1-2,13-14H2/b12-5+. The number of allylic oxidation sites excluding steroid dienone is 1. The average molecular weight is 404 g/mol. The van der Waals surface area contributed by atoms with E-state index in [2.05, 4.69) is 4.98 Å². The number of benzene rings is 2. The minimum atomic E-state index is -0.0758. The number of ketones is 1. The number of carbonyl (C=O) groups is 2. The van der Waals surface area contributed by atoms with Gasteiger partial charge in [0.15, 0.2) is 5.78 Å². The molecule has 6 heteroatoms. The van der Waals surface area contributed by atoms with Gasteiger partial charge >= 0.3 is 0 Å². The van der Waals surface area contributed by atoms with Gasteiger partial charge in [-0.15, -0.1) is 11.3 Å². The Morgan fingerprint density at radius 1 is 1.14 bits per heavy atom. The zero-order valence-corrected chi connectivity index (χ0v) is 16.6. The van der Waals surface area contributed by atoms with Gasteiger partial charge in [-0.3, -0.25) is 9.59 Å². The third kappa shape index (κ3) is 4.78. The highest BCUT2D eigenvalue weighted by Gasteiger charge is 2.21. The van der Waals surface area contributed by atoms with Gasteiger partial charge in [0.1, 0.15) is 12.4 Å². The normalized spacial score (nSPS) is 13.9. The van der Waals surface area contributed by atoms with Gasteiger partial charge in [-0.25, -0.2) is 4.98 Å². The van der Waals surface area contributed by atoms with E-state index in [1.165, 1.54) is 0 Å². The summed E-state index contributed by atoms with van der Waals surface area (Å²) in [4.78, 5) is 30.2. The fraction of sp³-hybridized carbons (Fsp3) is 0.174. The van der Waals surface area contributed by atoms with E-state index >= 15 is 0 Å². The van der Waals surface area contributed by atoms with Crippen molar-refractivity contribution in [2.75, 3.05) is 11.4 Å². The van der Waals surface area contributed by atoms with Crippen LogP contribution in [0, 0.1) is 0 Å². The molecule has 1 aliphatic rings. The molecule has 1 amide bonds. The Morgan fingerprint density at radius 2 is 1.93 bits per heavy atom. The minimum Gasteiger partial charge on any atom is -0.487 e. The van der Waals surface area contributed by atoms with Crippen molar-refractivity contribution in [3.63, 3.8) is 0 Å². The summed E-state index contributed by atoms with van der Waals surface area (Å²) in [5.41, 5.74) is 5.05. The van der Waals surface area contributed by atoms with Crippen molar-refractivity contribution < 1.29 is 14.3 Å². The molecule has 5 nitrogen and oxygen atoms in total. The third-order valence-corrected chi connectivity index (χ3v) is 5.35. The molecule has 0 unspecified atom stereocenters. The van der Waals surface area contributed by atoms with Gasteiger partial charge in [-0.2, -0.15) is 0 Å². The highest BCUT2D eigenvalue weighted by Crippen LogP contribution is 2.22. The number of rotatable bonds is 7. The maximum atomic E-state index is 12.4. The molecule has 4 rings (SSSR count). The van der Waals surface area contributed by atoms with Crippen LogP contribution < -0.4 is 9.64 Å². The second-order valence-electron chi connectivity index (χ2n) is 6.73. The van der Waals surface area contributed by atoms with Crippen LogP contribution in [0.5, 0.6) is 5.75 Å². The van der Waals surface area contributed by atoms with E-state index in [-0.39, 0.29) is 11.7 Å². The van der Waals surface area contributed by atoms with Crippen molar-refractivity contribution in [1.29, 1.82) is 0 Å². The largest absolute Gasteiger partial charge is 0.487 e. The molecule has 0 aliphatic carbocycles. The predicted molar refractivity (Wildman–Crippen MR) is 114 cm³/mol. The van der Waals surface area contributed by atoms with Gasteiger partial charge in [0.05, 0.1) is 11.2 Å². The second kappa shape index (κ2) is 8.84. The lowest BCUT2D eigenvalue weighted by Gasteiger charge is -2.15. The maximum Gasteiger partial charge on any atom is 0.227 e. The highest BCUT2D eigenvalue weighted by molar-refractivity contribution is 7.07. The van der Waals surface area contributed by atoms with Gasteiger partial charge in [0.25, 0.3) is 0 Å². The highest BCUT2D eigenvalue weighted by atomic mass is 32.1. The molecule has 3 aromatic rings. The first kappa shape index (κ1) is 19.1. The molecule has 29 heavy (non-hydrogen) atoms. The summed E-state index contributed by atoms with van der Waals surface area (Å²) in [7, 11) is 0. The molecule has 0 bridgehead atoms. The molecule has 1 fully saturated rings. The molecular formula is C23H20N2O3S. The Morgan fingerprint density at radius 3 is 2.59 bits per heavy atom. The molecular weight excluding hydrogens is 384 g/mol. The van der Waals surface area contributed by atoms with Crippen LogP contribution in [0.15, 0.2) is 65.5 Å². The fourth-order valence-electron chi connectivity index (χ4n) is 3.14. The lowest BCUT2D eigenvalue weighted by atomic mass is 10.1. The van der Waals surface area contributed by atoms with E-state index < -0.39 is 0 Å². The minimum absolute atomic E-state index is 0.0758. The summed E-state index contributed by atoms with van der Waals surface area (Å²) in [5.74, 6) is 0.824. The number of thiazole rings is 1. The molecule has 1 aliphatic heterocycles. The van der Waals surface area contributed by atoms with E-state index in [1.54, 1.807) is 46.0 Å². The molecule has 0 radical (unpaired) electrons. The Bertz CT molecular complexity index is 1010. The van der Waals surface area contributed by atoms with Crippen molar-refractivity contribution in [2.45, 2.75) is 19.4 Å². The Labute approximate surface area is 173 Å². The van der Waals surface area contributed by atoms with Crippen LogP contribution in [0.25, 0.3) is 6.08 Å². The summed E-state index contributed by atoms with van der Waals surface area (Å²) in [6.45, 7) is 1.19. The van der Waals surface area contributed by atoms with E-state index in [4.69, 9.17) is 4.74 Å². The summed E-state index contributed by atoms with van der Waals surface area (Å²) in [6.07, 6.45) is 4.82. The van der Waals surface area contributed by atoms with Crippen LogP contribution in [-0.4, -0.2) is 23.2 Å². The number of aromatic nitrogens is 1. The number of nitrogens with zero attached hydrogens (tertiary/aromatic N) is 2. The van der Waals surface area contributed by atoms with Crippen LogP contribution >= 0.6 is 11.3 Å². The van der Waals surface area contributed by atoms with E-state index in [9.17, 15) is 9.59 Å². The zero-order chi connectivity index (χ0) is 20.1. The molecule has 0 atom stereocenters. The molecule has 0 spiro atoms. The van der Waals surface area contributed by atoms with Gasteiger partial charge in [-0.1, -0.05) is 18.2 Å². The smallest absolute Gasteiger partial charge is 0.227 e. The van der Waals surface area contributed by atoms with Crippen LogP contribution in [0.1, 0.15) is 34.5 Å². The molecule has 2 heterocycles. The first-order valence-electron chi connectivity index (χ1n) is 9.42. The number of amides is 1. The molecule has 1 aromatic heterocycles. The van der Waals surface area contributed by atoms with Crippen LogP contribution in [-0.2, 0) is 11.4 Å². The lowest BCUT2D eigenvalue weighted by Crippen LogP contribution is -2.23. The Hall–Kier alpha value is -3.25. The van der Waals surface area contributed by atoms with Gasteiger partial charge in [-0.05, 0) is 54.5 Å². The summed E-state index contributed by atoms with van der Waals surface area (Å²) >= 11 is 1.54. The molecule has 0 N–H and O–H groups in total.